The molecule has 0 aliphatic heterocycles. The summed E-state index contributed by atoms with van der Waals surface area (Å²) in [7, 11) is 0. The molecule has 0 rings (SSSR count). The molecular formula is HINa2O4. The fourth-order valence-electron chi connectivity index (χ4n) is 0. The van der Waals surface area contributed by atoms with Crippen LogP contribution < -0.4 is 63.4 Å². The van der Waals surface area contributed by atoms with Crippen LogP contribution in [0.5, 0.6) is 0 Å². The maximum absolute atomic E-state index is 8.62. The third-order valence-electron chi connectivity index (χ3n) is 0. The minimum absolute atomic E-state index is 0. The van der Waals surface area contributed by atoms with Crippen LogP contribution in [-0.2, 0) is 0 Å². The van der Waals surface area contributed by atoms with E-state index in [-0.39, 0.29) is 59.1 Å². The Kier molecular flexibility index (Phi) is 15.6. The summed E-state index contributed by atoms with van der Waals surface area (Å²) < 4.78 is 34.5. The second kappa shape index (κ2) is 6.69. The first-order valence-corrected chi connectivity index (χ1v) is 4.14. The minimum Gasteiger partial charge on any atom is -0.286 e. The van der Waals surface area contributed by atoms with E-state index < -0.39 is 20.1 Å². The summed E-state index contributed by atoms with van der Waals surface area (Å²) >= 11 is -5.94. The average molecular weight is 238 g/mol. The first-order valence-electron chi connectivity index (χ1n) is 0.617. The molecule has 0 fully saturated rings. The van der Waals surface area contributed by atoms with Crippen LogP contribution in [0, 0.1) is 0 Å². The van der Waals surface area contributed by atoms with Crippen molar-refractivity contribution in [3.63, 3.8) is 0 Å². The van der Waals surface area contributed by atoms with Crippen molar-refractivity contribution in [2.45, 2.75) is 0 Å². The summed E-state index contributed by atoms with van der Waals surface area (Å²) in [4.78, 5) is 0. The van der Waals surface area contributed by atoms with Gasteiger partial charge in [0.2, 0.25) is 0 Å². The fourth-order valence-corrected chi connectivity index (χ4v) is 0. The van der Waals surface area contributed by atoms with Crippen LogP contribution in [-0.4, -0.2) is 29.6 Å². The van der Waals surface area contributed by atoms with Gasteiger partial charge in [-0.05, 0) is 0 Å². The maximum Gasteiger partial charge on any atom is 0.144 e. The Bertz CT molecular complexity index is 25.2. The first kappa shape index (κ1) is 16.3. The summed E-state index contributed by atoms with van der Waals surface area (Å²) in [5.74, 6) is 0. The fraction of sp³-hybridized carbons (Fsp3) is 0. The summed E-state index contributed by atoms with van der Waals surface area (Å²) in [6.07, 6.45) is 0. The molecule has 0 amide bonds. The van der Waals surface area contributed by atoms with Crippen LogP contribution in [0.3, 0.4) is 0 Å². The van der Waals surface area contributed by atoms with Crippen LogP contribution in [0.15, 0.2) is 0 Å². The standard InChI is InChI=1S/IO4.2Na.H/c2-1(3,4)5;;;/q-1;;+1;. The summed E-state index contributed by atoms with van der Waals surface area (Å²) in [6, 6.07) is 0. The Morgan fingerprint density at radius 3 is 0.857 bits per heavy atom. The van der Waals surface area contributed by atoms with Gasteiger partial charge in [-0.15, -0.1) is 0 Å². The second-order valence-corrected chi connectivity index (χ2v) is 2.54. The molecule has 0 heterocycles. The van der Waals surface area contributed by atoms with Crippen LogP contribution >= 0.6 is 0 Å². The molecule has 0 aliphatic rings. The van der Waals surface area contributed by atoms with Crippen molar-refractivity contribution >= 4 is 29.6 Å². The van der Waals surface area contributed by atoms with Crippen molar-refractivity contribution in [3.8, 4) is 0 Å². The van der Waals surface area contributed by atoms with Crippen molar-refractivity contribution in [1.29, 1.82) is 0 Å². The molecule has 0 saturated carbocycles. The van der Waals surface area contributed by atoms with E-state index in [1.165, 1.54) is 0 Å². The zero-order valence-electron chi connectivity index (χ0n) is 3.01. The van der Waals surface area contributed by atoms with Gasteiger partial charge < -0.3 is 0 Å². The summed E-state index contributed by atoms with van der Waals surface area (Å²) in [5.41, 5.74) is 0. The first-order chi connectivity index (χ1) is 2.00. The maximum atomic E-state index is 8.62. The molecule has 0 spiro atoms. The topological polar surface area (TPSA) is 92.2 Å². The third kappa shape index (κ3) is 56.0. The zero-order valence-corrected chi connectivity index (χ0v) is 7.17. The number of hydrogen-bond acceptors (Lipinski definition) is 4. The predicted octanol–water partition coefficient (Wildman–Crippen LogP) is -11.4. The van der Waals surface area contributed by atoms with Crippen molar-refractivity contribution < 1.29 is 63.4 Å². The molecule has 0 saturated heterocycles. The molecule has 0 N–H and O–H groups in total. The van der Waals surface area contributed by atoms with E-state index in [9.17, 15) is 0 Å². The Morgan fingerprint density at radius 2 is 0.857 bits per heavy atom. The molecule has 0 aromatic rings. The van der Waals surface area contributed by atoms with Crippen LogP contribution in [0.25, 0.3) is 0 Å². The van der Waals surface area contributed by atoms with E-state index in [1.807, 2.05) is 0 Å². The van der Waals surface area contributed by atoms with Gasteiger partial charge in [-0.2, -0.15) is 0 Å². The molecule has 4 nitrogen and oxygen atoms in total. The van der Waals surface area contributed by atoms with Crippen LogP contribution in [0.2, 0.25) is 0 Å². The van der Waals surface area contributed by atoms with E-state index in [2.05, 4.69) is 0 Å². The quantitative estimate of drug-likeness (QED) is 0.309. The van der Waals surface area contributed by atoms with Gasteiger partial charge in [-0.3, -0.25) is 13.7 Å². The van der Waals surface area contributed by atoms with Crippen molar-refractivity contribution in [3.05, 3.63) is 0 Å². The van der Waals surface area contributed by atoms with E-state index >= 15 is 0 Å². The zero-order chi connectivity index (χ0) is 4.50. The van der Waals surface area contributed by atoms with Gasteiger partial charge in [0.05, 0.1) is 0 Å². The molecule has 0 atom stereocenters. The predicted molar refractivity (Wildman–Crippen MR) is 7.15 cm³/mol. The van der Waals surface area contributed by atoms with Gasteiger partial charge in [-0.1, -0.05) is 0 Å². The van der Waals surface area contributed by atoms with Crippen LogP contribution in [0.4, 0.5) is 0 Å². The molecule has 0 aliphatic carbocycles. The molecule has 7 heavy (non-hydrogen) atoms. The van der Waals surface area contributed by atoms with Gasteiger partial charge in [0.15, 0.2) is 0 Å². The van der Waals surface area contributed by atoms with Crippen molar-refractivity contribution in [1.82, 2.24) is 0 Å². The molecule has 0 bridgehead atoms. The largest absolute Gasteiger partial charge is 0.286 e. The van der Waals surface area contributed by atoms with Gasteiger partial charge in [0, 0.05) is 0 Å². The molecule has 7 heteroatoms. The second-order valence-electron chi connectivity index (χ2n) is 0.378. The van der Waals surface area contributed by atoms with Crippen molar-refractivity contribution in [2.75, 3.05) is 0 Å². The van der Waals surface area contributed by atoms with Crippen LogP contribution in [0.1, 0.15) is 0 Å². The van der Waals surface area contributed by atoms with Crippen molar-refractivity contribution in [2.24, 2.45) is 0 Å². The van der Waals surface area contributed by atoms with Gasteiger partial charge in [0.25, 0.3) is 0 Å². The number of hydrogen-bond donors (Lipinski definition) is 0. The van der Waals surface area contributed by atoms with Gasteiger partial charge in [-0.25, -0.2) is 0 Å². The molecule has 0 unspecified atom stereocenters. The minimum atomic E-state index is -5.94. The monoisotopic (exact) mass is 238 g/mol. The molecule has 0 aromatic heterocycles. The molecule has 34 valence electrons. The van der Waals surface area contributed by atoms with Gasteiger partial charge >= 0.3 is 59.1 Å². The Balaban J connectivity index is -0.0000000800. The molecular weight excluding hydrogens is 237 g/mol. The number of halogens is 1. The molecule has 0 radical (unpaired) electrons. The van der Waals surface area contributed by atoms with E-state index in [0.717, 1.165) is 0 Å². The Hall–Kier alpha value is 2.57. The van der Waals surface area contributed by atoms with Gasteiger partial charge in [0.1, 0.15) is 20.1 Å². The van der Waals surface area contributed by atoms with E-state index in [4.69, 9.17) is 13.7 Å². The van der Waals surface area contributed by atoms with E-state index in [1.54, 1.807) is 0 Å². The Labute approximate surface area is 91.2 Å². The average Bonchev–Trinajstić information content (AvgIpc) is 0.722. The molecule has 0 aromatic carbocycles. The normalized spacial score (nSPS) is 8.57. The van der Waals surface area contributed by atoms with E-state index in [0.29, 0.717) is 0 Å². The smallest absolute Gasteiger partial charge is 0.144 e. The Morgan fingerprint density at radius 1 is 0.857 bits per heavy atom. The number of rotatable bonds is 0. The summed E-state index contributed by atoms with van der Waals surface area (Å²) in [5, 5.41) is 0. The summed E-state index contributed by atoms with van der Waals surface area (Å²) in [6.45, 7) is 0. The third-order valence-corrected chi connectivity index (χ3v) is 0. The SMILES string of the molecule is [Na+].[NaH].[O-][I+3]([O-])([O-])[O-].